The number of nitrogens with two attached hydrogens (primary N) is 1. The summed E-state index contributed by atoms with van der Waals surface area (Å²) in [6, 6.07) is 7.70. The van der Waals surface area contributed by atoms with Crippen molar-refractivity contribution in [2.75, 3.05) is 13.1 Å². The minimum atomic E-state index is -0.0555. The van der Waals surface area contributed by atoms with Gasteiger partial charge in [-0.3, -0.25) is 4.79 Å². The molecule has 4 nitrogen and oxygen atoms in total. The number of carbonyl (C=O) groups is 1. The monoisotopic (exact) mass is 350 g/mol. The second kappa shape index (κ2) is 5.81. The fourth-order valence-corrected chi connectivity index (χ4v) is 3.60. The summed E-state index contributed by atoms with van der Waals surface area (Å²) in [5.41, 5.74) is 6.58. The molecule has 21 heavy (non-hydrogen) atoms. The molecule has 5 heteroatoms. The molecule has 1 aliphatic rings. The van der Waals surface area contributed by atoms with E-state index in [0.29, 0.717) is 18.2 Å². The normalized spacial score (nSPS) is 22.7. The highest BCUT2D eigenvalue weighted by Gasteiger charge is 2.32. The molecule has 3 rings (SSSR count). The lowest BCUT2D eigenvalue weighted by atomic mass is 9.90. The van der Waals surface area contributed by atoms with Crippen LogP contribution in [-0.2, 0) is 0 Å². The number of benzene rings is 1. The summed E-state index contributed by atoms with van der Waals surface area (Å²) in [6.07, 6.45) is 2.14. The van der Waals surface area contributed by atoms with E-state index in [2.05, 4.69) is 22.9 Å². The van der Waals surface area contributed by atoms with Crippen molar-refractivity contribution in [3.8, 4) is 0 Å². The molecule has 0 saturated carbocycles. The first-order valence-corrected chi connectivity index (χ1v) is 8.10. The quantitative estimate of drug-likeness (QED) is 0.902. The lowest BCUT2D eigenvalue weighted by Gasteiger charge is -2.38. The molecular formula is C16H19BrN2O2. The molecule has 0 spiro atoms. The minimum absolute atomic E-state index is 0.0555. The molecular weight excluding hydrogens is 332 g/mol. The van der Waals surface area contributed by atoms with Gasteiger partial charge in [0.25, 0.3) is 5.91 Å². The summed E-state index contributed by atoms with van der Waals surface area (Å²) in [7, 11) is 0. The van der Waals surface area contributed by atoms with Gasteiger partial charge in [-0.1, -0.05) is 19.1 Å². The molecule has 1 aliphatic heterocycles. The van der Waals surface area contributed by atoms with E-state index in [9.17, 15) is 4.79 Å². The molecule has 0 bridgehead atoms. The van der Waals surface area contributed by atoms with Crippen LogP contribution in [0.3, 0.4) is 0 Å². The van der Waals surface area contributed by atoms with E-state index >= 15 is 0 Å². The van der Waals surface area contributed by atoms with Crippen molar-refractivity contribution in [3.05, 3.63) is 34.5 Å². The average molecular weight is 351 g/mol. The number of carbonyl (C=O) groups excluding carboxylic acids is 1. The Bertz CT molecular complexity index is 667. The summed E-state index contributed by atoms with van der Waals surface area (Å²) in [5, 5.41) is 0.932. The van der Waals surface area contributed by atoms with Crippen LogP contribution < -0.4 is 5.73 Å². The number of piperidine rings is 1. The van der Waals surface area contributed by atoms with Gasteiger partial charge in [-0.05, 0) is 46.8 Å². The largest absolute Gasteiger partial charge is 0.450 e. The van der Waals surface area contributed by atoms with Crippen LogP contribution in [0.25, 0.3) is 11.0 Å². The zero-order valence-electron chi connectivity index (χ0n) is 12.0. The van der Waals surface area contributed by atoms with Gasteiger partial charge >= 0.3 is 0 Å². The molecule has 2 unspecified atom stereocenters. The smallest absolute Gasteiger partial charge is 0.289 e. The van der Waals surface area contributed by atoms with Crippen molar-refractivity contribution in [1.29, 1.82) is 0 Å². The standard InChI is InChI=1S/C16H19BrN2O2/c1-10-4-3-7-19(13(10)9-18)16(20)14-8-11-5-2-6-12(17)15(11)21-14/h2,5-6,8,10,13H,3-4,7,9,18H2,1H3. The van der Waals surface area contributed by atoms with Gasteiger partial charge in [-0.15, -0.1) is 0 Å². The van der Waals surface area contributed by atoms with Crippen molar-refractivity contribution < 1.29 is 9.21 Å². The number of amides is 1. The molecule has 2 aromatic rings. The van der Waals surface area contributed by atoms with Crippen LogP contribution in [0.2, 0.25) is 0 Å². The van der Waals surface area contributed by atoms with Crippen molar-refractivity contribution in [1.82, 2.24) is 4.90 Å². The van der Waals surface area contributed by atoms with Crippen molar-refractivity contribution in [2.45, 2.75) is 25.8 Å². The van der Waals surface area contributed by atoms with Crippen LogP contribution in [0.5, 0.6) is 0 Å². The number of nitrogens with zero attached hydrogens (tertiary/aromatic N) is 1. The van der Waals surface area contributed by atoms with E-state index in [-0.39, 0.29) is 11.9 Å². The molecule has 2 atom stereocenters. The van der Waals surface area contributed by atoms with Gasteiger partial charge in [0.1, 0.15) is 5.58 Å². The third-order valence-electron chi connectivity index (χ3n) is 4.32. The minimum Gasteiger partial charge on any atom is -0.450 e. The number of halogens is 1. The number of furan rings is 1. The van der Waals surface area contributed by atoms with Crippen LogP contribution >= 0.6 is 15.9 Å². The number of hydrogen-bond donors (Lipinski definition) is 1. The summed E-state index contributed by atoms with van der Waals surface area (Å²) >= 11 is 3.45. The number of fused-ring (bicyclic) bond motifs is 1. The second-order valence-corrected chi connectivity index (χ2v) is 6.54. The summed E-state index contributed by atoms with van der Waals surface area (Å²) in [6.45, 7) is 3.41. The van der Waals surface area contributed by atoms with Crippen molar-refractivity contribution in [3.63, 3.8) is 0 Å². The molecule has 1 fully saturated rings. The Labute approximate surface area is 132 Å². The average Bonchev–Trinajstić information content (AvgIpc) is 2.92. The number of para-hydroxylation sites is 1. The van der Waals surface area contributed by atoms with E-state index in [4.69, 9.17) is 10.2 Å². The number of likely N-dealkylation sites (tertiary alicyclic amines) is 1. The van der Waals surface area contributed by atoms with Crippen molar-refractivity contribution in [2.24, 2.45) is 11.7 Å². The van der Waals surface area contributed by atoms with E-state index in [1.807, 2.05) is 29.2 Å². The Morgan fingerprint density at radius 2 is 2.33 bits per heavy atom. The zero-order chi connectivity index (χ0) is 15.0. The first-order valence-electron chi connectivity index (χ1n) is 7.31. The van der Waals surface area contributed by atoms with E-state index < -0.39 is 0 Å². The molecule has 0 radical (unpaired) electrons. The first-order chi connectivity index (χ1) is 10.1. The summed E-state index contributed by atoms with van der Waals surface area (Å²) < 4.78 is 6.63. The predicted octanol–water partition coefficient (Wildman–Crippen LogP) is 3.39. The van der Waals surface area contributed by atoms with E-state index in [1.54, 1.807) is 0 Å². The van der Waals surface area contributed by atoms with Gasteiger partial charge in [-0.25, -0.2) is 0 Å². The lowest BCUT2D eigenvalue weighted by Crippen LogP contribution is -2.51. The van der Waals surface area contributed by atoms with Crippen LogP contribution in [0.15, 0.2) is 33.2 Å². The van der Waals surface area contributed by atoms with Gasteiger partial charge in [0, 0.05) is 24.5 Å². The topological polar surface area (TPSA) is 59.5 Å². The Balaban J connectivity index is 1.94. The van der Waals surface area contributed by atoms with Gasteiger partial charge in [-0.2, -0.15) is 0 Å². The second-order valence-electron chi connectivity index (χ2n) is 5.69. The number of hydrogen-bond acceptors (Lipinski definition) is 3. The van der Waals surface area contributed by atoms with E-state index in [1.165, 1.54) is 0 Å². The summed E-state index contributed by atoms with van der Waals surface area (Å²) in [4.78, 5) is 14.6. The molecule has 2 heterocycles. The fourth-order valence-electron chi connectivity index (χ4n) is 3.14. The van der Waals surface area contributed by atoms with Gasteiger partial charge in [0.05, 0.1) is 4.47 Å². The lowest BCUT2D eigenvalue weighted by molar-refractivity contribution is 0.0503. The highest BCUT2D eigenvalue weighted by molar-refractivity contribution is 9.10. The molecule has 0 aliphatic carbocycles. The predicted molar refractivity (Wildman–Crippen MR) is 86.2 cm³/mol. The molecule has 1 saturated heterocycles. The highest BCUT2D eigenvalue weighted by Crippen LogP contribution is 2.29. The third kappa shape index (κ3) is 2.60. The molecule has 2 N–H and O–H groups in total. The maximum Gasteiger partial charge on any atom is 0.289 e. The Kier molecular flexibility index (Phi) is 4.04. The van der Waals surface area contributed by atoms with Crippen LogP contribution in [0.4, 0.5) is 0 Å². The van der Waals surface area contributed by atoms with E-state index in [0.717, 1.165) is 34.8 Å². The SMILES string of the molecule is CC1CCCN(C(=O)c2cc3cccc(Br)c3o2)C1CN. The van der Waals surface area contributed by atoms with Gasteiger partial charge in [0.2, 0.25) is 0 Å². The maximum absolute atomic E-state index is 12.8. The van der Waals surface area contributed by atoms with Crippen LogP contribution in [-0.4, -0.2) is 29.9 Å². The fraction of sp³-hybridized carbons (Fsp3) is 0.438. The van der Waals surface area contributed by atoms with Gasteiger partial charge in [0.15, 0.2) is 5.76 Å². The zero-order valence-corrected chi connectivity index (χ0v) is 13.6. The Morgan fingerprint density at radius 1 is 1.52 bits per heavy atom. The molecule has 112 valence electrons. The van der Waals surface area contributed by atoms with Gasteiger partial charge < -0.3 is 15.1 Å². The highest BCUT2D eigenvalue weighted by atomic mass is 79.9. The Hall–Kier alpha value is -1.33. The molecule has 1 aromatic carbocycles. The van der Waals surface area contributed by atoms with Crippen LogP contribution in [0, 0.1) is 5.92 Å². The molecule has 1 amide bonds. The molecule has 1 aromatic heterocycles. The summed E-state index contributed by atoms with van der Waals surface area (Å²) in [5.74, 6) is 0.772. The Morgan fingerprint density at radius 3 is 3.05 bits per heavy atom. The first kappa shape index (κ1) is 14.6. The number of rotatable bonds is 2. The van der Waals surface area contributed by atoms with Crippen LogP contribution in [0.1, 0.15) is 30.3 Å². The maximum atomic E-state index is 12.8. The van der Waals surface area contributed by atoms with Crippen molar-refractivity contribution >= 4 is 32.8 Å². The third-order valence-corrected chi connectivity index (χ3v) is 4.95.